The van der Waals surface area contributed by atoms with Crippen molar-refractivity contribution in [2.75, 3.05) is 31.9 Å². The smallest absolute Gasteiger partial charge is 0.254 e. The van der Waals surface area contributed by atoms with Gasteiger partial charge in [0.2, 0.25) is 5.91 Å². The second-order valence-corrected chi connectivity index (χ2v) is 8.38. The maximum absolute atomic E-state index is 13.0. The summed E-state index contributed by atoms with van der Waals surface area (Å²) < 4.78 is 0. The summed E-state index contributed by atoms with van der Waals surface area (Å²) in [7, 11) is 0. The Kier molecular flexibility index (Phi) is 6.59. The highest BCUT2D eigenvalue weighted by Gasteiger charge is 2.27. The van der Waals surface area contributed by atoms with Crippen LogP contribution in [0.1, 0.15) is 43.0 Å². The Labute approximate surface area is 160 Å². The van der Waals surface area contributed by atoms with Gasteiger partial charge >= 0.3 is 0 Å². The number of likely N-dealkylation sites (tertiary alicyclic amines) is 2. The Hall–Kier alpha value is -1.53. The quantitative estimate of drug-likeness (QED) is 0.804. The van der Waals surface area contributed by atoms with Crippen LogP contribution in [-0.4, -0.2) is 59.6 Å². The SMILES string of the molecule is CC(N)C1CCN(C(=O)c2ccccc2SCC(=O)N2CCCC2)CC1. The van der Waals surface area contributed by atoms with Crippen molar-refractivity contribution in [1.29, 1.82) is 0 Å². The molecule has 0 aliphatic carbocycles. The van der Waals surface area contributed by atoms with E-state index in [9.17, 15) is 9.59 Å². The molecule has 2 saturated heterocycles. The zero-order chi connectivity index (χ0) is 18.5. The van der Waals surface area contributed by atoms with Crippen LogP contribution in [0.5, 0.6) is 0 Å². The average Bonchev–Trinajstić information content (AvgIpc) is 3.21. The number of amides is 2. The highest BCUT2D eigenvalue weighted by Crippen LogP contribution is 2.27. The van der Waals surface area contributed by atoms with Crippen molar-refractivity contribution in [1.82, 2.24) is 9.80 Å². The third-order valence-electron chi connectivity index (χ3n) is 5.50. The number of piperidine rings is 1. The average molecular weight is 376 g/mol. The standard InChI is InChI=1S/C20H29N3O2S/c1-15(21)16-8-12-23(13-9-16)20(25)17-6-2-3-7-18(17)26-14-19(24)22-10-4-5-11-22/h2-3,6-7,15-16H,4-5,8-14,21H2,1H3. The minimum absolute atomic E-state index is 0.0739. The lowest BCUT2D eigenvalue weighted by Gasteiger charge is -2.34. The molecule has 2 fully saturated rings. The van der Waals surface area contributed by atoms with Gasteiger partial charge in [0.15, 0.2) is 0 Å². The van der Waals surface area contributed by atoms with Crippen LogP contribution in [0.25, 0.3) is 0 Å². The van der Waals surface area contributed by atoms with Crippen molar-refractivity contribution < 1.29 is 9.59 Å². The van der Waals surface area contributed by atoms with Gasteiger partial charge in [-0.1, -0.05) is 12.1 Å². The molecular weight excluding hydrogens is 346 g/mol. The molecule has 26 heavy (non-hydrogen) atoms. The molecule has 1 aromatic carbocycles. The molecule has 1 atom stereocenters. The molecule has 2 heterocycles. The maximum Gasteiger partial charge on any atom is 0.254 e. The molecule has 2 aliphatic rings. The van der Waals surface area contributed by atoms with Crippen LogP contribution >= 0.6 is 11.8 Å². The van der Waals surface area contributed by atoms with Crippen LogP contribution in [0.2, 0.25) is 0 Å². The Morgan fingerprint density at radius 1 is 1.12 bits per heavy atom. The Balaban J connectivity index is 1.61. The fourth-order valence-electron chi connectivity index (χ4n) is 3.77. The molecule has 6 heteroatoms. The molecule has 0 radical (unpaired) electrons. The topological polar surface area (TPSA) is 66.6 Å². The summed E-state index contributed by atoms with van der Waals surface area (Å²) in [5.41, 5.74) is 6.71. The van der Waals surface area contributed by atoms with Crippen molar-refractivity contribution >= 4 is 23.6 Å². The maximum atomic E-state index is 13.0. The number of carbonyl (C=O) groups excluding carboxylic acids is 2. The van der Waals surface area contributed by atoms with Gasteiger partial charge in [-0.05, 0) is 50.7 Å². The first-order chi connectivity index (χ1) is 12.6. The van der Waals surface area contributed by atoms with E-state index in [1.54, 1.807) is 0 Å². The lowest BCUT2D eigenvalue weighted by molar-refractivity contribution is -0.127. The Morgan fingerprint density at radius 2 is 1.77 bits per heavy atom. The normalized spacial score (nSPS) is 19.6. The Bertz CT molecular complexity index is 636. The van der Waals surface area contributed by atoms with Gasteiger partial charge in [-0.3, -0.25) is 9.59 Å². The summed E-state index contributed by atoms with van der Waals surface area (Å²) in [5.74, 6) is 1.15. The molecule has 3 rings (SSSR count). The van der Waals surface area contributed by atoms with Crippen molar-refractivity contribution in [3.05, 3.63) is 29.8 Å². The van der Waals surface area contributed by atoms with Crippen molar-refractivity contribution in [2.24, 2.45) is 11.7 Å². The van der Waals surface area contributed by atoms with Crippen LogP contribution in [0.3, 0.4) is 0 Å². The number of benzene rings is 1. The number of rotatable bonds is 5. The summed E-state index contributed by atoms with van der Waals surface area (Å²) in [4.78, 5) is 30.0. The highest BCUT2D eigenvalue weighted by atomic mass is 32.2. The second-order valence-electron chi connectivity index (χ2n) is 7.36. The molecule has 0 aromatic heterocycles. The van der Waals surface area contributed by atoms with E-state index in [1.807, 2.05) is 41.0 Å². The van der Waals surface area contributed by atoms with Crippen LogP contribution in [-0.2, 0) is 4.79 Å². The molecule has 0 bridgehead atoms. The van der Waals surface area contributed by atoms with Crippen LogP contribution in [0, 0.1) is 5.92 Å². The summed E-state index contributed by atoms with van der Waals surface area (Å²) in [5, 5.41) is 0. The van der Waals surface area contributed by atoms with Crippen LogP contribution in [0.15, 0.2) is 29.2 Å². The zero-order valence-corrected chi connectivity index (χ0v) is 16.3. The van der Waals surface area contributed by atoms with Crippen molar-refractivity contribution in [2.45, 2.75) is 43.5 Å². The molecule has 2 amide bonds. The molecule has 2 N–H and O–H groups in total. The fourth-order valence-corrected chi connectivity index (χ4v) is 4.71. The molecule has 0 spiro atoms. The Morgan fingerprint density at radius 3 is 2.42 bits per heavy atom. The minimum Gasteiger partial charge on any atom is -0.342 e. The molecule has 1 aromatic rings. The van der Waals surface area contributed by atoms with E-state index in [0.29, 0.717) is 17.2 Å². The number of hydrogen-bond acceptors (Lipinski definition) is 4. The fraction of sp³-hybridized carbons (Fsp3) is 0.600. The molecular formula is C20H29N3O2S. The van der Waals surface area contributed by atoms with Crippen molar-refractivity contribution in [3.63, 3.8) is 0 Å². The van der Waals surface area contributed by atoms with Gasteiger partial charge in [-0.2, -0.15) is 0 Å². The van der Waals surface area contributed by atoms with Gasteiger partial charge in [0.05, 0.1) is 11.3 Å². The summed E-state index contributed by atoms with van der Waals surface area (Å²) in [6.45, 7) is 5.31. The van der Waals surface area contributed by atoms with Gasteiger partial charge in [-0.25, -0.2) is 0 Å². The summed E-state index contributed by atoms with van der Waals surface area (Å²) in [6, 6.07) is 7.84. The predicted octanol–water partition coefficient (Wildman–Crippen LogP) is 2.60. The van der Waals surface area contributed by atoms with E-state index in [-0.39, 0.29) is 17.9 Å². The van der Waals surface area contributed by atoms with Gasteiger partial charge in [0.1, 0.15) is 0 Å². The summed E-state index contributed by atoms with van der Waals surface area (Å²) >= 11 is 1.48. The first-order valence-corrected chi connectivity index (χ1v) is 10.6. The first kappa shape index (κ1) is 19.2. The highest BCUT2D eigenvalue weighted by molar-refractivity contribution is 8.00. The van der Waals surface area contributed by atoms with E-state index in [1.165, 1.54) is 11.8 Å². The minimum atomic E-state index is 0.0739. The monoisotopic (exact) mass is 375 g/mol. The number of nitrogens with two attached hydrogens (primary N) is 1. The third kappa shape index (κ3) is 4.60. The molecule has 2 aliphatic heterocycles. The molecule has 142 valence electrons. The van der Waals surface area contributed by atoms with E-state index in [4.69, 9.17) is 5.73 Å². The van der Waals surface area contributed by atoms with E-state index in [0.717, 1.165) is 56.8 Å². The largest absolute Gasteiger partial charge is 0.342 e. The number of thioether (sulfide) groups is 1. The lowest BCUT2D eigenvalue weighted by atomic mass is 9.90. The first-order valence-electron chi connectivity index (χ1n) is 9.60. The van der Waals surface area contributed by atoms with Crippen LogP contribution < -0.4 is 5.73 Å². The molecule has 0 saturated carbocycles. The van der Waals surface area contributed by atoms with Gasteiger partial charge in [0.25, 0.3) is 5.91 Å². The van der Waals surface area contributed by atoms with Gasteiger partial charge < -0.3 is 15.5 Å². The van der Waals surface area contributed by atoms with Crippen LogP contribution in [0.4, 0.5) is 0 Å². The second kappa shape index (κ2) is 8.91. The van der Waals surface area contributed by atoms with Crippen molar-refractivity contribution in [3.8, 4) is 0 Å². The van der Waals surface area contributed by atoms with E-state index < -0.39 is 0 Å². The van der Waals surface area contributed by atoms with Gasteiger partial charge in [-0.15, -0.1) is 11.8 Å². The predicted molar refractivity (Wildman–Crippen MR) is 105 cm³/mol. The van der Waals surface area contributed by atoms with E-state index in [2.05, 4.69) is 0 Å². The number of carbonyl (C=O) groups is 2. The molecule has 5 nitrogen and oxygen atoms in total. The summed E-state index contributed by atoms with van der Waals surface area (Å²) in [6.07, 6.45) is 4.13. The number of hydrogen-bond donors (Lipinski definition) is 1. The number of nitrogens with zero attached hydrogens (tertiary/aromatic N) is 2. The zero-order valence-electron chi connectivity index (χ0n) is 15.5. The van der Waals surface area contributed by atoms with E-state index >= 15 is 0 Å². The lowest BCUT2D eigenvalue weighted by Crippen LogP contribution is -2.42. The van der Waals surface area contributed by atoms with Gasteiger partial charge in [0, 0.05) is 37.1 Å². The third-order valence-corrected chi connectivity index (χ3v) is 6.56. The molecule has 1 unspecified atom stereocenters.